The van der Waals surface area contributed by atoms with Crippen molar-refractivity contribution in [1.29, 1.82) is 0 Å². The highest BCUT2D eigenvalue weighted by Crippen LogP contribution is 2.33. The Morgan fingerprint density at radius 2 is 1.50 bits per heavy atom. The SMILES string of the molecule is O=C(CSc1nc2ccc(NC(=O)CSc3nnc(-c4ccccc4Cl)n3-c3ccccc3)cc2s1)Nc1ccc(F)cc1. The van der Waals surface area contributed by atoms with Crippen molar-refractivity contribution < 1.29 is 14.0 Å². The molecule has 0 bridgehead atoms. The van der Waals surface area contributed by atoms with E-state index in [0.717, 1.165) is 25.8 Å². The summed E-state index contributed by atoms with van der Waals surface area (Å²) in [5.74, 6) is 0.0718. The summed E-state index contributed by atoms with van der Waals surface area (Å²) in [6.07, 6.45) is 0. The zero-order chi connectivity index (χ0) is 30.5. The van der Waals surface area contributed by atoms with Gasteiger partial charge in [-0.15, -0.1) is 21.5 Å². The molecule has 0 aliphatic carbocycles. The summed E-state index contributed by atoms with van der Waals surface area (Å²) in [5.41, 5.74) is 3.53. The highest BCUT2D eigenvalue weighted by molar-refractivity contribution is 8.01. The molecule has 0 aliphatic rings. The molecule has 2 amide bonds. The number of thioether (sulfide) groups is 2. The molecule has 2 N–H and O–H groups in total. The molecule has 0 saturated carbocycles. The van der Waals surface area contributed by atoms with Crippen molar-refractivity contribution in [3.05, 3.63) is 108 Å². The molecular weight excluding hydrogens is 639 g/mol. The maximum Gasteiger partial charge on any atom is 0.234 e. The van der Waals surface area contributed by atoms with Gasteiger partial charge in [0, 0.05) is 22.6 Å². The van der Waals surface area contributed by atoms with Crippen molar-refractivity contribution in [2.45, 2.75) is 9.50 Å². The molecule has 0 saturated heterocycles. The van der Waals surface area contributed by atoms with Crippen LogP contribution >= 0.6 is 46.5 Å². The van der Waals surface area contributed by atoms with Crippen molar-refractivity contribution in [3.63, 3.8) is 0 Å². The number of anilines is 2. The first-order valence-corrected chi connectivity index (χ1v) is 16.4. The molecule has 13 heteroatoms. The maximum absolute atomic E-state index is 13.1. The zero-order valence-corrected chi connectivity index (χ0v) is 25.9. The third kappa shape index (κ3) is 7.11. The Hall–Kier alpha value is -4.23. The van der Waals surface area contributed by atoms with Crippen LogP contribution in [0.25, 0.3) is 27.3 Å². The third-order valence-corrected chi connectivity index (χ3v) is 9.62. The van der Waals surface area contributed by atoms with Gasteiger partial charge in [-0.3, -0.25) is 14.2 Å². The van der Waals surface area contributed by atoms with Gasteiger partial charge in [-0.05, 0) is 66.7 Å². The fourth-order valence-electron chi connectivity index (χ4n) is 4.22. The lowest BCUT2D eigenvalue weighted by Crippen LogP contribution is -2.14. The molecule has 0 atom stereocenters. The Balaban J connectivity index is 1.09. The number of carbonyl (C=O) groups is 2. The van der Waals surface area contributed by atoms with Crippen LogP contribution < -0.4 is 10.6 Å². The number of fused-ring (bicyclic) bond motifs is 1. The van der Waals surface area contributed by atoms with E-state index in [9.17, 15) is 14.0 Å². The van der Waals surface area contributed by atoms with Gasteiger partial charge >= 0.3 is 0 Å². The largest absolute Gasteiger partial charge is 0.325 e. The number of hydrogen-bond donors (Lipinski definition) is 2. The van der Waals surface area contributed by atoms with Gasteiger partial charge in [0.05, 0.1) is 26.7 Å². The van der Waals surface area contributed by atoms with Crippen LogP contribution in [0.2, 0.25) is 5.02 Å². The number of halogens is 2. The number of rotatable bonds is 10. The van der Waals surface area contributed by atoms with Crippen molar-refractivity contribution in [1.82, 2.24) is 19.7 Å². The monoisotopic (exact) mass is 660 g/mol. The summed E-state index contributed by atoms with van der Waals surface area (Å²) in [7, 11) is 0. The van der Waals surface area contributed by atoms with Gasteiger partial charge in [-0.1, -0.05) is 65.5 Å². The molecule has 2 aromatic heterocycles. The quantitative estimate of drug-likeness (QED) is 0.145. The van der Waals surface area contributed by atoms with Crippen LogP contribution in [0, 0.1) is 5.82 Å². The molecule has 220 valence electrons. The van der Waals surface area contributed by atoms with E-state index >= 15 is 0 Å². The van der Waals surface area contributed by atoms with E-state index < -0.39 is 0 Å². The number of aromatic nitrogens is 4. The van der Waals surface area contributed by atoms with E-state index in [0.29, 0.717) is 27.4 Å². The summed E-state index contributed by atoms with van der Waals surface area (Å²) < 4.78 is 16.6. The third-order valence-electron chi connectivity index (χ3n) is 6.20. The predicted octanol–water partition coefficient (Wildman–Crippen LogP) is 7.80. The van der Waals surface area contributed by atoms with Gasteiger partial charge in [0.1, 0.15) is 5.82 Å². The lowest BCUT2D eigenvalue weighted by molar-refractivity contribution is -0.114. The normalized spacial score (nSPS) is 11.0. The Morgan fingerprint density at radius 3 is 2.27 bits per heavy atom. The van der Waals surface area contributed by atoms with Crippen LogP contribution in [0.15, 0.2) is 107 Å². The number of carbonyl (C=O) groups excluding carboxylic acids is 2. The Morgan fingerprint density at radius 1 is 0.818 bits per heavy atom. The van der Waals surface area contributed by atoms with E-state index in [1.165, 1.54) is 59.1 Å². The van der Waals surface area contributed by atoms with E-state index in [-0.39, 0.29) is 29.1 Å². The first-order chi connectivity index (χ1) is 21.4. The van der Waals surface area contributed by atoms with Crippen LogP contribution in [0.3, 0.4) is 0 Å². The molecule has 2 heterocycles. The summed E-state index contributed by atoms with van der Waals surface area (Å²) in [5, 5.41) is 15.6. The molecule has 44 heavy (non-hydrogen) atoms. The van der Waals surface area contributed by atoms with Crippen molar-refractivity contribution >= 4 is 79.9 Å². The molecule has 6 aromatic rings. The van der Waals surface area contributed by atoms with Gasteiger partial charge in [-0.25, -0.2) is 9.37 Å². The second-order valence-corrected chi connectivity index (χ2v) is 12.9. The molecule has 4 aromatic carbocycles. The molecule has 8 nitrogen and oxygen atoms in total. The Labute approximate surface area is 269 Å². The van der Waals surface area contributed by atoms with E-state index in [1.807, 2.05) is 65.2 Å². The first-order valence-electron chi connectivity index (χ1n) is 13.2. The second kappa shape index (κ2) is 13.6. The lowest BCUT2D eigenvalue weighted by atomic mass is 10.2. The molecule has 0 spiro atoms. The summed E-state index contributed by atoms with van der Waals surface area (Å²) in [4.78, 5) is 29.8. The van der Waals surface area contributed by atoms with Crippen LogP contribution in [-0.2, 0) is 9.59 Å². The molecule has 0 aliphatic heterocycles. The highest BCUT2D eigenvalue weighted by atomic mass is 35.5. The number of amides is 2. The van der Waals surface area contributed by atoms with Crippen molar-refractivity contribution in [2.75, 3.05) is 22.1 Å². The Kier molecular flexibility index (Phi) is 9.22. The van der Waals surface area contributed by atoms with Crippen molar-refractivity contribution in [2.24, 2.45) is 0 Å². The maximum atomic E-state index is 13.1. The van der Waals surface area contributed by atoms with E-state index in [2.05, 4.69) is 25.8 Å². The minimum absolute atomic E-state index is 0.110. The van der Waals surface area contributed by atoms with Crippen molar-refractivity contribution in [3.8, 4) is 17.1 Å². The smallest absolute Gasteiger partial charge is 0.234 e. The standard InChI is InChI=1S/C31H22ClFN6O2S3/c32-24-9-5-4-8-23(24)29-37-38-30(39(29)22-6-2-1-3-7-22)42-17-27(40)35-21-14-15-25-26(16-21)44-31(36-25)43-18-28(41)34-20-12-10-19(33)11-13-20/h1-16H,17-18H2,(H,34,41)(H,35,40). The van der Waals surface area contributed by atoms with Gasteiger partial charge in [0.2, 0.25) is 11.8 Å². The van der Waals surface area contributed by atoms with Gasteiger partial charge in [0.15, 0.2) is 15.3 Å². The second-order valence-electron chi connectivity index (χ2n) is 9.30. The average molecular weight is 661 g/mol. The molecule has 6 rings (SSSR count). The minimum Gasteiger partial charge on any atom is -0.325 e. The zero-order valence-electron chi connectivity index (χ0n) is 22.7. The van der Waals surface area contributed by atoms with Crippen LogP contribution in [0.1, 0.15) is 0 Å². The number of para-hydroxylation sites is 1. The van der Waals surface area contributed by atoms with Crippen LogP contribution in [0.4, 0.5) is 15.8 Å². The number of nitrogens with one attached hydrogen (secondary N) is 2. The summed E-state index contributed by atoms with van der Waals surface area (Å²) in [6, 6.07) is 28.2. The fourth-order valence-corrected chi connectivity index (χ4v) is 7.10. The number of nitrogens with zero attached hydrogens (tertiary/aromatic N) is 4. The van der Waals surface area contributed by atoms with Gasteiger partial charge in [0.25, 0.3) is 0 Å². The predicted molar refractivity (Wildman–Crippen MR) is 177 cm³/mol. The molecule has 0 unspecified atom stereocenters. The number of benzene rings is 4. The van der Waals surface area contributed by atoms with Crippen LogP contribution in [0.5, 0.6) is 0 Å². The lowest BCUT2D eigenvalue weighted by Gasteiger charge is -2.11. The molecular formula is C31H22ClFN6O2S3. The van der Waals surface area contributed by atoms with E-state index in [1.54, 1.807) is 12.1 Å². The first kappa shape index (κ1) is 29.8. The van der Waals surface area contributed by atoms with Crippen LogP contribution in [-0.4, -0.2) is 43.1 Å². The van der Waals surface area contributed by atoms with E-state index in [4.69, 9.17) is 11.6 Å². The number of hydrogen-bond acceptors (Lipinski definition) is 8. The summed E-state index contributed by atoms with van der Waals surface area (Å²) in [6.45, 7) is 0. The summed E-state index contributed by atoms with van der Waals surface area (Å²) >= 11 is 10.5. The fraction of sp³-hybridized carbons (Fsp3) is 0.0645. The topological polar surface area (TPSA) is 102 Å². The highest BCUT2D eigenvalue weighted by Gasteiger charge is 2.19. The Bertz CT molecular complexity index is 1950. The van der Waals surface area contributed by atoms with Gasteiger partial charge in [-0.2, -0.15) is 0 Å². The molecule has 0 fully saturated rings. The molecule has 0 radical (unpaired) electrons. The average Bonchev–Trinajstić information content (AvgIpc) is 3.64. The number of thiazole rings is 1. The minimum atomic E-state index is -0.364. The van der Waals surface area contributed by atoms with Gasteiger partial charge < -0.3 is 10.6 Å².